The lowest BCUT2D eigenvalue weighted by Crippen LogP contribution is -2.47. The number of carbonyl (C=O) groups is 1. The molecule has 2 atom stereocenters. The van der Waals surface area contributed by atoms with Gasteiger partial charge in [-0.05, 0) is 31.0 Å². The summed E-state index contributed by atoms with van der Waals surface area (Å²) >= 11 is 0. The van der Waals surface area contributed by atoms with E-state index in [2.05, 4.69) is 5.32 Å². The number of nitriles is 1. The Morgan fingerprint density at radius 2 is 2.00 bits per heavy atom. The third-order valence-electron chi connectivity index (χ3n) is 3.76. The zero-order chi connectivity index (χ0) is 15.5. The first-order valence-corrected chi connectivity index (χ1v) is 6.79. The SMILES string of the molecule is N#Cc1cccc(C(=O)NC2CCCCC2C(F)(F)F)c1. The van der Waals surface area contributed by atoms with Crippen molar-refractivity contribution in [1.82, 2.24) is 5.32 Å². The maximum absolute atomic E-state index is 13.0. The van der Waals surface area contributed by atoms with E-state index >= 15 is 0 Å². The molecule has 1 aromatic rings. The molecule has 0 aliphatic heterocycles. The van der Waals surface area contributed by atoms with Crippen LogP contribution in [0.1, 0.15) is 41.6 Å². The molecule has 2 rings (SSSR count). The molecule has 2 unspecified atom stereocenters. The van der Waals surface area contributed by atoms with Crippen LogP contribution in [0.2, 0.25) is 0 Å². The van der Waals surface area contributed by atoms with Gasteiger partial charge in [-0.15, -0.1) is 0 Å². The smallest absolute Gasteiger partial charge is 0.349 e. The zero-order valence-corrected chi connectivity index (χ0v) is 11.3. The number of halogens is 3. The highest BCUT2D eigenvalue weighted by Gasteiger charge is 2.45. The van der Waals surface area contributed by atoms with Crippen LogP contribution in [0.3, 0.4) is 0 Å². The summed E-state index contributed by atoms with van der Waals surface area (Å²) in [5.74, 6) is -2.05. The normalized spacial score (nSPS) is 22.4. The molecule has 6 heteroatoms. The standard InChI is InChI=1S/C15H15F3N2O/c16-15(17,18)12-6-1-2-7-13(12)20-14(21)11-5-3-4-10(8-11)9-19/h3-5,8,12-13H,1-2,6-7H2,(H,20,21). The van der Waals surface area contributed by atoms with Gasteiger partial charge in [-0.25, -0.2) is 0 Å². The first-order valence-electron chi connectivity index (χ1n) is 6.79. The van der Waals surface area contributed by atoms with Crippen LogP contribution in [0.15, 0.2) is 24.3 Å². The Balaban J connectivity index is 2.12. The number of benzene rings is 1. The van der Waals surface area contributed by atoms with Crippen LogP contribution in [0.4, 0.5) is 13.2 Å². The van der Waals surface area contributed by atoms with Crippen molar-refractivity contribution in [3.63, 3.8) is 0 Å². The average molecular weight is 296 g/mol. The summed E-state index contributed by atoms with van der Waals surface area (Å²) in [7, 11) is 0. The summed E-state index contributed by atoms with van der Waals surface area (Å²) < 4.78 is 38.9. The summed E-state index contributed by atoms with van der Waals surface area (Å²) in [6.07, 6.45) is -2.72. The summed E-state index contributed by atoms with van der Waals surface area (Å²) in [4.78, 5) is 12.1. The van der Waals surface area contributed by atoms with Gasteiger partial charge in [0.25, 0.3) is 5.91 Å². The third-order valence-corrected chi connectivity index (χ3v) is 3.76. The molecule has 0 aromatic heterocycles. The van der Waals surface area contributed by atoms with Gasteiger partial charge >= 0.3 is 6.18 Å². The minimum atomic E-state index is -4.30. The summed E-state index contributed by atoms with van der Waals surface area (Å²) in [5, 5.41) is 11.3. The second-order valence-corrected chi connectivity index (χ2v) is 5.21. The molecule has 21 heavy (non-hydrogen) atoms. The molecule has 1 aliphatic carbocycles. The van der Waals surface area contributed by atoms with Crippen molar-refractivity contribution in [2.45, 2.75) is 37.9 Å². The third kappa shape index (κ3) is 3.75. The predicted molar refractivity (Wildman–Crippen MR) is 70.4 cm³/mol. The molecular formula is C15H15F3N2O. The monoisotopic (exact) mass is 296 g/mol. The Morgan fingerprint density at radius 3 is 2.67 bits per heavy atom. The lowest BCUT2D eigenvalue weighted by atomic mass is 9.84. The number of rotatable bonds is 2. The number of nitrogens with one attached hydrogen (secondary N) is 1. The van der Waals surface area contributed by atoms with Crippen molar-refractivity contribution in [1.29, 1.82) is 5.26 Å². The molecule has 0 spiro atoms. The minimum Gasteiger partial charge on any atom is -0.349 e. The number of hydrogen-bond acceptors (Lipinski definition) is 2. The number of nitrogens with zero attached hydrogens (tertiary/aromatic N) is 1. The number of hydrogen-bond donors (Lipinski definition) is 1. The van der Waals surface area contributed by atoms with Crippen LogP contribution in [-0.4, -0.2) is 18.1 Å². The Kier molecular flexibility index (Phi) is 4.51. The van der Waals surface area contributed by atoms with E-state index in [1.54, 1.807) is 0 Å². The minimum absolute atomic E-state index is 0.0483. The summed E-state index contributed by atoms with van der Waals surface area (Å²) in [5.41, 5.74) is 0.513. The van der Waals surface area contributed by atoms with E-state index < -0.39 is 24.0 Å². The lowest BCUT2D eigenvalue weighted by Gasteiger charge is -2.33. The van der Waals surface area contributed by atoms with Crippen molar-refractivity contribution in [3.05, 3.63) is 35.4 Å². The fraction of sp³-hybridized carbons (Fsp3) is 0.467. The van der Waals surface area contributed by atoms with E-state index in [9.17, 15) is 18.0 Å². The van der Waals surface area contributed by atoms with Crippen LogP contribution in [0, 0.1) is 17.2 Å². The van der Waals surface area contributed by atoms with Crippen molar-refractivity contribution in [2.75, 3.05) is 0 Å². The predicted octanol–water partition coefficient (Wildman–Crippen LogP) is 3.41. The highest BCUT2D eigenvalue weighted by molar-refractivity contribution is 5.94. The molecule has 1 amide bonds. The van der Waals surface area contributed by atoms with Crippen molar-refractivity contribution < 1.29 is 18.0 Å². The summed E-state index contributed by atoms with van der Waals surface area (Å²) in [6, 6.07) is 6.95. The first kappa shape index (κ1) is 15.4. The van der Waals surface area contributed by atoms with Crippen molar-refractivity contribution in [3.8, 4) is 6.07 Å². The van der Waals surface area contributed by atoms with Gasteiger partial charge in [0, 0.05) is 11.6 Å². The van der Waals surface area contributed by atoms with Crippen molar-refractivity contribution in [2.24, 2.45) is 5.92 Å². The largest absolute Gasteiger partial charge is 0.393 e. The molecule has 1 saturated carbocycles. The van der Waals surface area contributed by atoms with Crippen LogP contribution < -0.4 is 5.32 Å². The quantitative estimate of drug-likeness (QED) is 0.909. The Bertz CT molecular complexity index is 563. The molecule has 1 aromatic carbocycles. The van der Waals surface area contributed by atoms with Crippen LogP contribution in [-0.2, 0) is 0 Å². The molecule has 1 aliphatic rings. The molecule has 3 nitrogen and oxygen atoms in total. The van der Waals surface area contributed by atoms with Gasteiger partial charge in [0.15, 0.2) is 0 Å². The highest BCUT2D eigenvalue weighted by Crippen LogP contribution is 2.37. The molecule has 1 N–H and O–H groups in total. The maximum Gasteiger partial charge on any atom is 0.393 e. The van der Waals surface area contributed by atoms with Gasteiger partial charge < -0.3 is 5.32 Å². The topological polar surface area (TPSA) is 52.9 Å². The molecule has 0 bridgehead atoms. The molecule has 1 fully saturated rings. The zero-order valence-electron chi connectivity index (χ0n) is 11.3. The van der Waals surface area contributed by atoms with Gasteiger partial charge in [0.05, 0.1) is 17.6 Å². The summed E-state index contributed by atoms with van der Waals surface area (Å²) in [6.45, 7) is 0. The van der Waals surface area contributed by atoms with Crippen LogP contribution in [0.25, 0.3) is 0 Å². The highest BCUT2D eigenvalue weighted by atomic mass is 19.4. The van der Waals surface area contributed by atoms with E-state index in [1.807, 2.05) is 6.07 Å². The first-order chi connectivity index (χ1) is 9.91. The van der Waals surface area contributed by atoms with Crippen molar-refractivity contribution >= 4 is 5.91 Å². The Morgan fingerprint density at radius 1 is 1.29 bits per heavy atom. The average Bonchev–Trinajstić information content (AvgIpc) is 2.46. The molecule has 112 valence electrons. The second kappa shape index (κ2) is 6.17. The maximum atomic E-state index is 13.0. The molecule has 0 heterocycles. The Labute approximate surface area is 120 Å². The molecule has 0 radical (unpaired) electrons. The van der Waals surface area contributed by atoms with E-state index in [0.717, 1.165) is 0 Å². The van der Waals surface area contributed by atoms with Gasteiger partial charge in [0.1, 0.15) is 0 Å². The van der Waals surface area contributed by atoms with E-state index in [0.29, 0.717) is 24.8 Å². The van der Waals surface area contributed by atoms with Crippen LogP contribution >= 0.6 is 0 Å². The molecular weight excluding hydrogens is 281 g/mol. The van der Waals surface area contributed by atoms with E-state index in [1.165, 1.54) is 24.3 Å². The lowest BCUT2D eigenvalue weighted by molar-refractivity contribution is -0.187. The number of carbonyl (C=O) groups excluding carboxylic acids is 1. The number of alkyl halides is 3. The van der Waals surface area contributed by atoms with Gasteiger partial charge in [-0.1, -0.05) is 18.9 Å². The number of amides is 1. The Hall–Kier alpha value is -2.03. The van der Waals surface area contributed by atoms with Gasteiger partial charge in [-0.3, -0.25) is 4.79 Å². The van der Waals surface area contributed by atoms with E-state index in [4.69, 9.17) is 5.26 Å². The second-order valence-electron chi connectivity index (χ2n) is 5.21. The fourth-order valence-electron chi connectivity index (χ4n) is 2.68. The van der Waals surface area contributed by atoms with Crippen LogP contribution in [0.5, 0.6) is 0 Å². The van der Waals surface area contributed by atoms with E-state index in [-0.39, 0.29) is 12.0 Å². The van der Waals surface area contributed by atoms with Gasteiger partial charge in [0.2, 0.25) is 0 Å². The van der Waals surface area contributed by atoms with Gasteiger partial charge in [-0.2, -0.15) is 18.4 Å². The fourth-order valence-corrected chi connectivity index (χ4v) is 2.68. The molecule has 0 saturated heterocycles.